The van der Waals surface area contributed by atoms with E-state index in [1.54, 1.807) is 12.0 Å². The van der Waals surface area contributed by atoms with Gasteiger partial charge in [-0.2, -0.15) is 0 Å². The van der Waals surface area contributed by atoms with E-state index in [1.807, 2.05) is 6.08 Å². The van der Waals surface area contributed by atoms with Gasteiger partial charge < -0.3 is 19.7 Å². The first kappa shape index (κ1) is 18.6. The number of carbonyl (C=O) groups excluding carboxylic acids is 2. The Morgan fingerprint density at radius 3 is 2.72 bits per heavy atom. The van der Waals surface area contributed by atoms with Gasteiger partial charge >= 0.3 is 5.97 Å². The number of ether oxygens (including phenoxy) is 2. The molecule has 2 N–H and O–H groups in total. The molecule has 0 amide bonds. The molecule has 6 heteroatoms. The number of benzene rings is 1. The Kier molecular flexibility index (Phi) is 6.25. The maximum Gasteiger partial charge on any atom is 0.325 e. The molecule has 1 atom stereocenters. The first-order valence-corrected chi connectivity index (χ1v) is 8.31. The maximum atomic E-state index is 12.1. The average Bonchev–Trinajstić information content (AvgIpc) is 2.59. The number of esters is 1. The molecule has 0 saturated carbocycles. The lowest BCUT2D eigenvalue weighted by Crippen LogP contribution is -2.33. The molecule has 1 unspecified atom stereocenters. The number of aliphatic hydroxyl groups excluding tert-OH is 1. The lowest BCUT2D eigenvalue weighted by Gasteiger charge is -2.19. The van der Waals surface area contributed by atoms with Crippen LogP contribution in [-0.2, 0) is 9.59 Å². The second-order valence-corrected chi connectivity index (χ2v) is 5.84. The second kappa shape index (κ2) is 8.40. The Labute approximate surface area is 145 Å². The summed E-state index contributed by atoms with van der Waals surface area (Å²) < 4.78 is 10.2. The second-order valence-electron chi connectivity index (χ2n) is 5.84. The highest BCUT2D eigenvalue weighted by Crippen LogP contribution is 2.27. The molecule has 134 valence electrons. The zero-order chi connectivity index (χ0) is 18.4. The molecule has 1 aliphatic rings. The number of hydrogen-bond donors (Lipinski definition) is 2. The smallest absolute Gasteiger partial charge is 0.325 e. The van der Waals surface area contributed by atoms with E-state index < -0.39 is 17.6 Å². The van der Waals surface area contributed by atoms with Crippen LogP contribution in [0.2, 0.25) is 0 Å². The number of allylic oxidation sites excluding steroid dienone is 1. The number of aromatic hydroxyl groups is 1. The van der Waals surface area contributed by atoms with E-state index >= 15 is 0 Å². The molecule has 1 heterocycles. The molecule has 1 aromatic carbocycles. The van der Waals surface area contributed by atoms with Crippen LogP contribution in [0.3, 0.4) is 0 Å². The van der Waals surface area contributed by atoms with Crippen LogP contribution in [0.4, 0.5) is 0 Å². The lowest BCUT2D eigenvalue weighted by molar-refractivity contribution is -0.136. The molecule has 1 aliphatic heterocycles. The highest BCUT2D eigenvalue weighted by Gasteiger charge is 2.31. The Morgan fingerprint density at radius 1 is 1.32 bits per heavy atom. The van der Waals surface area contributed by atoms with Gasteiger partial charge in [-0.25, -0.2) is 4.79 Å². The monoisotopic (exact) mass is 346 g/mol. The van der Waals surface area contributed by atoms with Crippen LogP contribution in [0.1, 0.15) is 39.0 Å². The van der Waals surface area contributed by atoms with Crippen molar-refractivity contribution in [3.05, 3.63) is 28.7 Å². The molecule has 6 nitrogen and oxygen atoms in total. The zero-order valence-corrected chi connectivity index (χ0v) is 14.4. The van der Waals surface area contributed by atoms with Crippen LogP contribution < -0.4 is 19.9 Å². The molecule has 25 heavy (non-hydrogen) atoms. The van der Waals surface area contributed by atoms with Gasteiger partial charge in [-0.05, 0) is 12.8 Å². The van der Waals surface area contributed by atoms with E-state index in [0.717, 1.165) is 32.1 Å². The predicted octanol–water partition coefficient (Wildman–Crippen LogP) is 1.63. The van der Waals surface area contributed by atoms with E-state index in [0.29, 0.717) is 0 Å². The summed E-state index contributed by atoms with van der Waals surface area (Å²) >= 11 is 0. The first-order valence-electron chi connectivity index (χ1n) is 8.31. The summed E-state index contributed by atoms with van der Waals surface area (Å²) in [5.74, 6) is -1.06. The summed E-state index contributed by atoms with van der Waals surface area (Å²) in [4.78, 5) is 23.1. The SMILES string of the molecule is CCCCCCC=CC1C(=O)Oc2cc(=C=O)c(OC)c(O)c2=C1O. The van der Waals surface area contributed by atoms with Crippen LogP contribution in [0.5, 0.6) is 17.2 Å². The van der Waals surface area contributed by atoms with Crippen molar-refractivity contribution in [2.24, 2.45) is 5.92 Å². The van der Waals surface area contributed by atoms with Crippen LogP contribution >= 0.6 is 0 Å². The minimum absolute atomic E-state index is 0.0453. The van der Waals surface area contributed by atoms with Crippen molar-refractivity contribution < 1.29 is 29.3 Å². The number of hydrogen-bond acceptors (Lipinski definition) is 6. The van der Waals surface area contributed by atoms with Gasteiger partial charge in [-0.1, -0.05) is 38.3 Å². The third-order valence-corrected chi connectivity index (χ3v) is 4.10. The van der Waals surface area contributed by atoms with Gasteiger partial charge in [0, 0.05) is 6.07 Å². The Hall–Kier alpha value is -2.72. The summed E-state index contributed by atoms with van der Waals surface area (Å²) in [6, 6.07) is 1.21. The van der Waals surface area contributed by atoms with Crippen molar-refractivity contribution in [2.75, 3.05) is 7.11 Å². The van der Waals surface area contributed by atoms with Crippen LogP contribution in [0.25, 0.3) is 5.76 Å². The van der Waals surface area contributed by atoms with Crippen LogP contribution in [-0.4, -0.2) is 29.2 Å². The number of carbonyl (C=O) groups is 1. The van der Waals surface area contributed by atoms with E-state index in [1.165, 1.54) is 13.2 Å². The molecule has 0 aliphatic carbocycles. The highest BCUT2D eigenvalue weighted by atomic mass is 16.5. The fourth-order valence-electron chi connectivity index (χ4n) is 2.77. The number of rotatable bonds is 7. The summed E-state index contributed by atoms with van der Waals surface area (Å²) in [6.07, 6.45) is 8.60. The lowest BCUT2D eigenvalue weighted by atomic mass is 9.99. The molecule has 0 spiro atoms. The highest BCUT2D eigenvalue weighted by molar-refractivity contribution is 5.88. The normalized spacial score (nSPS) is 16.5. The van der Waals surface area contributed by atoms with Crippen LogP contribution in [0.15, 0.2) is 18.2 Å². The fraction of sp³-hybridized carbons (Fsp3) is 0.421. The molecule has 0 bridgehead atoms. The predicted molar refractivity (Wildman–Crippen MR) is 91.8 cm³/mol. The standard InChI is InChI=1S/C19H22O6/c1-3-4-5-6-7-8-9-13-16(21)15-14(25-19(13)23)10-12(11-20)18(24-2)17(15)22/h8-10,13,21-22H,3-7H2,1-2H3. The molecule has 0 saturated heterocycles. The Bertz CT molecular complexity index is 817. The van der Waals surface area contributed by atoms with Gasteiger partial charge in [0.05, 0.1) is 7.11 Å². The van der Waals surface area contributed by atoms with Crippen molar-refractivity contribution in [1.29, 1.82) is 0 Å². The fourth-order valence-corrected chi connectivity index (χ4v) is 2.77. The summed E-state index contributed by atoms with van der Waals surface area (Å²) in [7, 11) is 1.28. The van der Waals surface area contributed by atoms with Gasteiger partial charge in [-0.3, -0.25) is 4.79 Å². The number of phenolic OH excluding ortho intramolecular Hbond substituents is 1. The molecule has 2 rings (SSSR count). The van der Waals surface area contributed by atoms with Crippen molar-refractivity contribution in [1.82, 2.24) is 0 Å². The molecule has 0 radical (unpaired) electrons. The topological polar surface area (TPSA) is 93.1 Å². The number of phenols is 1. The molecule has 0 aromatic heterocycles. The minimum Gasteiger partial charge on any atom is -0.510 e. The van der Waals surface area contributed by atoms with E-state index in [9.17, 15) is 19.8 Å². The van der Waals surface area contributed by atoms with Gasteiger partial charge in [0.25, 0.3) is 0 Å². The molecule has 1 aromatic rings. The Morgan fingerprint density at radius 2 is 2.08 bits per heavy atom. The van der Waals surface area contributed by atoms with Crippen molar-refractivity contribution >= 4 is 17.7 Å². The molecule has 0 fully saturated rings. The van der Waals surface area contributed by atoms with Gasteiger partial charge in [0.1, 0.15) is 33.8 Å². The molecular weight excluding hydrogens is 324 g/mol. The summed E-state index contributed by atoms with van der Waals surface area (Å²) in [5, 5.41) is 20.6. The minimum atomic E-state index is -1.000. The zero-order valence-electron chi connectivity index (χ0n) is 14.4. The van der Waals surface area contributed by atoms with Crippen LogP contribution in [0, 0.1) is 5.92 Å². The molecular formula is C19H22O6. The number of methoxy groups -OCH3 is 1. The van der Waals surface area contributed by atoms with Gasteiger partial charge in [0.2, 0.25) is 0 Å². The number of fused-ring (bicyclic) bond motifs is 1. The van der Waals surface area contributed by atoms with E-state index in [2.05, 4.69) is 6.92 Å². The average molecular weight is 346 g/mol. The Balaban J connectivity index is 2.39. The third-order valence-electron chi connectivity index (χ3n) is 4.10. The van der Waals surface area contributed by atoms with Crippen molar-refractivity contribution in [2.45, 2.75) is 39.0 Å². The number of unbranched alkanes of at least 4 members (excludes halogenated alkanes) is 4. The third kappa shape index (κ3) is 3.86. The summed E-state index contributed by atoms with van der Waals surface area (Å²) in [5.41, 5.74) is 0. The van der Waals surface area contributed by atoms with Crippen molar-refractivity contribution in [3.8, 4) is 17.2 Å². The maximum absolute atomic E-state index is 12.1. The van der Waals surface area contributed by atoms with Gasteiger partial charge in [0.15, 0.2) is 11.5 Å². The summed E-state index contributed by atoms with van der Waals surface area (Å²) in [6.45, 7) is 2.13. The van der Waals surface area contributed by atoms with Gasteiger partial charge in [-0.15, -0.1) is 0 Å². The number of aliphatic hydroxyl groups is 1. The van der Waals surface area contributed by atoms with E-state index in [-0.39, 0.29) is 27.7 Å². The largest absolute Gasteiger partial charge is 0.510 e. The van der Waals surface area contributed by atoms with Crippen molar-refractivity contribution in [3.63, 3.8) is 0 Å². The quantitative estimate of drug-likeness (QED) is 0.337. The van der Waals surface area contributed by atoms with E-state index in [4.69, 9.17) is 9.47 Å². The first-order chi connectivity index (χ1) is 12.0.